The van der Waals surface area contributed by atoms with Crippen molar-refractivity contribution in [2.24, 2.45) is 0 Å². The first-order chi connectivity index (χ1) is 16.5. The summed E-state index contributed by atoms with van der Waals surface area (Å²) in [5.74, 6) is 0.338. The van der Waals surface area contributed by atoms with E-state index in [9.17, 15) is 9.90 Å². The van der Waals surface area contributed by atoms with Crippen molar-refractivity contribution in [3.63, 3.8) is 0 Å². The van der Waals surface area contributed by atoms with Crippen molar-refractivity contribution in [1.29, 1.82) is 0 Å². The Morgan fingerprint density at radius 3 is 2.74 bits per heavy atom. The topological polar surface area (TPSA) is 73.4 Å². The Morgan fingerprint density at radius 1 is 1.09 bits per heavy atom. The molecular formula is C29H33N3O2. The lowest BCUT2D eigenvalue weighted by atomic mass is 9.90. The van der Waals surface area contributed by atoms with Crippen LogP contribution in [0.3, 0.4) is 0 Å². The molecule has 3 unspecified atom stereocenters. The van der Waals surface area contributed by atoms with E-state index in [1.807, 2.05) is 19.1 Å². The second kappa shape index (κ2) is 9.51. The van der Waals surface area contributed by atoms with Crippen molar-refractivity contribution < 1.29 is 9.90 Å². The Kier molecular flexibility index (Phi) is 6.29. The molecule has 34 heavy (non-hydrogen) atoms. The number of aromatic hydroxyl groups is 1. The summed E-state index contributed by atoms with van der Waals surface area (Å²) in [6.45, 7) is 4.89. The van der Waals surface area contributed by atoms with E-state index < -0.39 is 0 Å². The van der Waals surface area contributed by atoms with Gasteiger partial charge >= 0.3 is 0 Å². The van der Waals surface area contributed by atoms with E-state index in [1.54, 1.807) is 6.07 Å². The van der Waals surface area contributed by atoms with Gasteiger partial charge in [0.15, 0.2) is 0 Å². The number of carbonyl (C=O) groups is 1. The maximum atomic E-state index is 13.5. The highest BCUT2D eigenvalue weighted by atomic mass is 16.3. The highest BCUT2D eigenvalue weighted by Gasteiger charge is 2.30. The lowest BCUT2D eigenvalue weighted by Crippen LogP contribution is -2.47. The van der Waals surface area contributed by atoms with E-state index in [0.717, 1.165) is 41.6 Å². The van der Waals surface area contributed by atoms with Crippen LogP contribution in [0.5, 0.6) is 5.75 Å². The molecule has 5 heteroatoms. The summed E-state index contributed by atoms with van der Waals surface area (Å²) in [4.78, 5) is 13.5. The smallest absolute Gasteiger partial charge is 0.237 e. The number of rotatable bonds is 4. The average molecular weight is 456 g/mol. The summed E-state index contributed by atoms with van der Waals surface area (Å²) in [6, 6.07) is 20.6. The molecule has 0 aromatic heterocycles. The van der Waals surface area contributed by atoms with Crippen LogP contribution in [0.4, 0.5) is 5.69 Å². The normalized spacial score (nSPS) is 21.5. The number of nitrogens with one attached hydrogen (secondary N) is 3. The first-order valence-electron chi connectivity index (χ1n) is 12.2. The molecule has 3 atom stereocenters. The summed E-state index contributed by atoms with van der Waals surface area (Å²) < 4.78 is 0. The van der Waals surface area contributed by atoms with E-state index in [1.165, 1.54) is 16.7 Å². The molecule has 3 aromatic carbocycles. The third kappa shape index (κ3) is 4.80. The molecule has 0 aliphatic carbocycles. The van der Waals surface area contributed by atoms with Crippen molar-refractivity contribution in [2.45, 2.75) is 57.7 Å². The molecule has 5 nitrogen and oxygen atoms in total. The van der Waals surface area contributed by atoms with E-state index in [0.29, 0.717) is 18.7 Å². The number of hydrogen-bond acceptors (Lipinski definition) is 4. The minimum Gasteiger partial charge on any atom is -0.508 e. The van der Waals surface area contributed by atoms with Crippen molar-refractivity contribution in [3.8, 4) is 5.75 Å². The minimum atomic E-state index is -0.286. The molecule has 0 spiro atoms. The molecule has 176 valence electrons. The van der Waals surface area contributed by atoms with Gasteiger partial charge in [0.2, 0.25) is 5.91 Å². The zero-order valence-corrected chi connectivity index (χ0v) is 19.9. The molecule has 0 saturated carbocycles. The molecule has 0 fully saturated rings. The molecule has 0 saturated heterocycles. The van der Waals surface area contributed by atoms with E-state index in [-0.39, 0.29) is 24.0 Å². The Balaban J connectivity index is 1.36. The lowest BCUT2D eigenvalue weighted by Gasteiger charge is -2.33. The van der Waals surface area contributed by atoms with E-state index in [2.05, 4.69) is 65.3 Å². The monoisotopic (exact) mass is 455 g/mol. The third-order valence-corrected chi connectivity index (χ3v) is 7.11. The first kappa shape index (κ1) is 22.5. The summed E-state index contributed by atoms with van der Waals surface area (Å²) in [5, 5.41) is 20.4. The van der Waals surface area contributed by atoms with Crippen LogP contribution in [0.1, 0.15) is 52.8 Å². The van der Waals surface area contributed by atoms with Crippen LogP contribution in [0.25, 0.3) is 0 Å². The average Bonchev–Trinajstić information content (AvgIpc) is 3.03. The predicted octanol–water partition coefficient (Wildman–Crippen LogP) is 4.41. The van der Waals surface area contributed by atoms with Crippen molar-refractivity contribution >= 4 is 11.6 Å². The van der Waals surface area contributed by atoms with Gasteiger partial charge in [-0.15, -0.1) is 0 Å². The fourth-order valence-electron chi connectivity index (χ4n) is 5.41. The van der Waals surface area contributed by atoms with Gasteiger partial charge in [0.1, 0.15) is 5.75 Å². The number of amides is 1. The van der Waals surface area contributed by atoms with Gasteiger partial charge in [0.25, 0.3) is 0 Å². The van der Waals surface area contributed by atoms with Crippen molar-refractivity contribution in [2.75, 3.05) is 11.9 Å². The molecule has 0 radical (unpaired) electrons. The van der Waals surface area contributed by atoms with Gasteiger partial charge in [-0.25, -0.2) is 0 Å². The summed E-state index contributed by atoms with van der Waals surface area (Å²) >= 11 is 0. The highest BCUT2D eigenvalue weighted by Crippen LogP contribution is 2.34. The second-order valence-corrected chi connectivity index (χ2v) is 9.79. The van der Waals surface area contributed by atoms with E-state index in [4.69, 9.17) is 0 Å². The fraction of sp³-hybridized carbons (Fsp3) is 0.345. The Morgan fingerprint density at radius 2 is 1.91 bits per heavy atom. The number of phenolic OH excluding ortho intramolecular Hbond substituents is 1. The zero-order chi connectivity index (χ0) is 23.7. The van der Waals surface area contributed by atoms with Crippen LogP contribution in [-0.2, 0) is 24.1 Å². The van der Waals surface area contributed by atoms with Crippen LogP contribution in [0, 0.1) is 6.92 Å². The van der Waals surface area contributed by atoms with Gasteiger partial charge in [0.05, 0.1) is 12.1 Å². The maximum absolute atomic E-state index is 13.5. The number of aryl methyl sites for hydroxylation is 1. The van der Waals surface area contributed by atoms with Gasteiger partial charge in [-0.1, -0.05) is 42.5 Å². The van der Waals surface area contributed by atoms with Crippen LogP contribution >= 0.6 is 0 Å². The van der Waals surface area contributed by atoms with Gasteiger partial charge in [-0.2, -0.15) is 0 Å². The minimum absolute atomic E-state index is 0.0279. The number of hydrogen-bond donors (Lipinski definition) is 4. The molecule has 0 bridgehead atoms. The van der Waals surface area contributed by atoms with Gasteiger partial charge in [-0.05, 0) is 97.7 Å². The Hall–Kier alpha value is -3.31. The second-order valence-electron chi connectivity index (χ2n) is 9.79. The summed E-state index contributed by atoms with van der Waals surface area (Å²) in [5.41, 5.74) is 8.14. The van der Waals surface area contributed by atoms with Crippen LogP contribution in [-0.4, -0.2) is 29.6 Å². The highest BCUT2D eigenvalue weighted by molar-refractivity contribution is 5.83. The zero-order valence-electron chi connectivity index (χ0n) is 19.9. The van der Waals surface area contributed by atoms with Crippen LogP contribution in [0.2, 0.25) is 0 Å². The molecule has 5 rings (SSSR count). The maximum Gasteiger partial charge on any atom is 0.237 e. The largest absolute Gasteiger partial charge is 0.508 e. The number of fused-ring (bicyclic) bond motifs is 2. The molecule has 2 aliphatic rings. The predicted molar refractivity (Wildman–Crippen MR) is 136 cm³/mol. The van der Waals surface area contributed by atoms with Crippen molar-refractivity contribution in [3.05, 3.63) is 94.0 Å². The molecule has 2 aliphatic heterocycles. The molecule has 4 N–H and O–H groups in total. The van der Waals surface area contributed by atoms with Crippen molar-refractivity contribution in [1.82, 2.24) is 10.6 Å². The number of carbonyl (C=O) groups excluding carboxylic acids is 1. The molecule has 3 aromatic rings. The third-order valence-electron chi connectivity index (χ3n) is 7.11. The summed E-state index contributed by atoms with van der Waals surface area (Å²) in [6.07, 6.45) is 3.17. The molecule has 1 amide bonds. The number of anilines is 1. The van der Waals surface area contributed by atoms with Gasteiger partial charge in [-0.3, -0.25) is 4.79 Å². The van der Waals surface area contributed by atoms with Gasteiger partial charge in [0, 0.05) is 11.7 Å². The SMILES string of the molecule is Cc1cc(O)cc2c1CC(C(=O)NC1CC(C)Nc3ccc(Cc4ccccc4)cc31)NCC2. The molecular weight excluding hydrogens is 422 g/mol. The number of phenols is 1. The van der Waals surface area contributed by atoms with Crippen LogP contribution in [0.15, 0.2) is 60.7 Å². The van der Waals surface area contributed by atoms with Crippen LogP contribution < -0.4 is 16.0 Å². The number of benzene rings is 3. The Bertz CT molecular complexity index is 1190. The van der Waals surface area contributed by atoms with E-state index >= 15 is 0 Å². The molecule has 2 heterocycles. The van der Waals surface area contributed by atoms with Gasteiger partial charge < -0.3 is 21.1 Å². The quantitative estimate of drug-likeness (QED) is 0.470. The summed E-state index contributed by atoms with van der Waals surface area (Å²) in [7, 11) is 0. The Labute approximate surface area is 201 Å². The first-order valence-corrected chi connectivity index (χ1v) is 12.2. The lowest BCUT2D eigenvalue weighted by molar-refractivity contribution is -0.124. The fourth-order valence-corrected chi connectivity index (χ4v) is 5.41. The standard InChI is InChI=1S/C29H33N3O2/c1-18-12-23(33)16-22-10-11-30-28(17-24(18)22)29(34)32-27-13-19(2)31-26-9-8-21(15-25(26)27)14-20-6-4-3-5-7-20/h3-9,12,15-16,19,27-28,30-31,33H,10-11,13-14,17H2,1-2H3,(H,32,34).